The van der Waals surface area contributed by atoms with E-state index in [0.717, 1.165) is 11.1 Å². The molecule has 7 nitrogen and oxygen atoms in total. The van der Waals surface area contributed by atoms with Gasteiger partial charge in [-0.15, -0.1) is 0 Å². The number of rotatable bonds is 9. The Labute approximate surface area is 195 Å². The van der Waals surface area contributed by atoms with E-state index >= 15 is 0 Å². The highest BCUT2D eigenvalue weighted by Gasteiger charge is 2.37. The van der Waals surface area contributed by atoms with E-state index in [4.69, 9.17) is 11.6 Å². The molecule has 1 aliphatic heterocycles. The van der Waals surface area contributed by atoms with Crippen LogP contribution in [0.15, 0.2) is 54.5 Å². The number of carbonyl (C=O) groups is 3. The number of carbonyl (C=O) groups excluding carboxylic acids is 2. The molecule has 2 aromatic rings. The van der Waals surface area contributed by atoms with Gasteiger partial charge in [0.05, 0.1) is 19.5 Å². The third-order valence-corrected chi connectivity index (χ3v) is 5.44. The average molecular weight is 444 g/mol. The number of benzene rings is 2. The number of carboxylic acids is 1. The minimum absolute atomic E-state index is 0.00433. The lowest BCUT2D eigenvalue weighted by atomic mass is 9.93. The van der Waals surface area contributed by atoms with Crippen molar-refractivity contribution >= 4 is 17.8 Å². The Morgan fingerprint density at radius 1 is 1.22 bits per heavy atom. The smallest absolute Gasteiger partial charge is 0.326 e. The van der Waals surface area contributed by atoms with Crippen LogP contribution in [-0.2, 0) is 38.5 Å². The second kappa shape index (κ2) is 10.9. The Morgan fingerprint density at radius 2 is 1.91 bits per heavy atom. The van der Waals surface area contributed by atoms with Gasteiger partial charge in [-0.1, -0.05) is 54.5 Å². The number of hydrogen-bond acceptors (Lipinski definition) is 5. The summed E-state index contributed by atoms with van der Waals surface area (Å²) in [7, 11) is 0. The summed E-state index contributed by atoms with van der Waals surface area (Å²) >= 11 is 0. The first kappa shape index (κ1) is 17.4. The molecule has 2 aromatic carbocycles. The number of fused-ring (bicyclic) bond motifs is 1. The van der Waals surface area contributed by atoms with Crippen LogP contribution in [0.25, 0.3) is 0 Å². The highest BCUT2D eigenvalue weighted by Crippen LogP contribution is 2.24. The zero-order valence-corrected chi connectivity index (χ0v) is 18.1. The highest BCUT2D eigenvalue weighted by atomic mass is 16.5. The van der Waals surface area contributed by atoms with Crippen molar-refractivity contribution in [3.8, 4) is 0 Å². The van der Waals surface area contributed by atoms with Gasteiger partial charge in [0.1, 0.15) is 12.1 Å². The molecule has 0 bridgehead atoms. The third kappa shape index (κ3) is 5.73. The Bertz CT molecular complexity index is 1180. The Morgan fingerprint density at radius 3 is 2.56 bits per heavy atom. The third-order valence-electron chi connectivity index (χ3n) is 5.44. The molecule has 170 valence electrons. The minimum atomic E-state index is -1.13. The van der Waals surface area contributed by atoms with Crippen LogP contribution in [0, 0.1) is 0 Å². The quantitative estimate of drug-likeness (QED) is 0.579. The number of esters is 1. The first-order valence-corrected chi connectivity index (χ1v) is 10.6. The van der Waals surface area contributed by atoms with Gasteiger partial charge in [-0.25, -0.2) is 4.79 Å². The van der Waals surface area contributed by atoms with Crippen molar-refractivity contribution < 1.29 is 31.1 Å². The van der Waals surface area contributed by atoms with Gasteiger partial charge in [0, 0.05) is 13.0 Å². The van der Waals surface area contributed by atoms with Crippen LogP contribution in [0.1, 0.15) is 43.8 Å². The van der Waals surface area contributed by atoms with Gasteiger partial charge in [-0.3, -0.25) is 14.9 Å². The van der Waals surface area contributed by atoms with Crippen LogP contribution in [0.4, 0.5) is 0 Å². The van der Waals surface area contributed by atoms with Gasteiger partial charge in [0.25, 0.3) is 0 Å². The van der Waals surface area contributed by atoms with Crippen molar-refractivity contribution in [2.24, 2.45) is 0 Å². The first-order chi connectivity index (χ1) is 17.5. The monoisotopic (exact) mass is 443 g/mol. The fourth-order valence-electron chi connectivity index (χ4n) is 3.80. The average Bonchev–Trinajstić information content (AvgIpc) is 2.88. The molecule has 7 heteroatoms. The van der Waals surface area contributed by atoms with Crippen molar-refractivity contribution in [1.82, 2.24) is 10.2 Å². The molecule has 0 unspecified atom stereocenters. The van der Waals surface area contributed by atoms with Gasteiger partial charge in [-0.2, -0.15) is 0 Å². The van der Waals surface area contributed by atoms with E-state index in [9.17, 15) is 19.5 Å². The summed E-state index contributed by atoms with van der Waals surface area (Å²) in [6.07, 6.45) is 0.123. The molecule has 0 spiro atoms. The zero-order chi connectivity index (χ0) is 27.4. The Hall–Kier alpha value is -3.19. The SMILES string of the molecule is [2H]c1c([2H])c([2H])c(CC[C@H](N[C@@H](C)C(=O)N2Cc3ccccc3C[C@H]2C(=O)O)C(=O)OCC)c([2H])c1[2H]. The molecular formula is C25H30N2O5. The summed E-state index contributed by atoms with van der Waals surface area (Å²) in [6.45, 7) is 3.35. The summed E-state index contributed by atoms with van der Waals surface area (Å²) in [5.41, 5.74) is 1.77. The largest absolute Gasteiger partial charge is 0.480 e. The van der Waals surface area contributed by atoms with Crippen LogP contribution in [0.2, 0.25) is 0 Å². The van der Waals surface area contributed by atoms with Crippen molar-refractivity contribution in [2.75, 3.05) is 6.61 Å². The van der Waals surface area contributed by atoms with E-state index in [1.54, 1.807) is 6.92 Å². The van der Waals surface area contributed by atoms with E-state index < -0.39 is 54.1 Å². The fraction of sp³-hybridized carbons (Fsp3) is 0.400. The molecule has 2 N–H and O–H groups in total. The molecule has 1 heterocycles. The molecule has 1 amide bonds. The molecule has 32 heavy (non-hydrogen) atoms. The van der Waals surface area contributed by atoms with Crippen LogP contribution in [0.3, 0.4) is 0 Å². The summed E-state index contributed by atoms with van der Waals surface area (Å²) in [5, 5.41) is 12.7. The van der Waals surface area contributed by atoms with Crippen LogP contribution >= 0.6 is 0 Å². The summed E-state index contributed by atoms with van der Waals surface area (Å²) < 4.78 is 44.8. The van der Waals surface area contributed by atoms with E-state index in [1.165, 1.54) is 11.8 Å². The summed E-state index contributed by atoms with van der Waals surface area (Å²) in [6, 6.07) is 2.13. The van der Waals surface area contributed by atoms with Crippen molar-refractivity contribution in [3.63, 3.8) is 0 Å². The number of nitrogens with one attached hydrogen (secondary N) is 1. The van der Waals surface area contributed by atoms with Gasteiger partial charge in [0.2, 0.25) is 5.91 Å². The molecule has 0 aromatic heterocycles. The predicted octanol–water partition coefficient (Wildman–Crippen LogP) is 2.57. The molecule has 3 rings (SSSR count). The molecule has 0 saturated carbocycles. The number of aliphatic carboxylic acids is 1. The molecular weight excluding hydrogens is 408 g/mol. The van der Waals surface area contributed by atoms with Crippen molar-refractivity contribution in [2.45, 2.75) is 57.8 Å². The Balaban J connectivity index is 1.80. The van der Waals surface area contributed by atoms with E-state index in [-0.39, 0.29) is 50.1 Å². The number of ether oxygens (including phenoxy) is 1. The van der Waals surface area contributed by atoms with Gasteiger partial charge < -0.3 is 14.7 Å². The standard InChI is InChI=1S/C25H30N2O5/c1-3-32-25(31)21(14-13-18-9-5-4-6-10-18)26-17(2)23(28)27-16-20-12-8-7-11-19(20)15-22(27)24(29)30/h4-12,17,21-22,26H,3,13-16H2,1-2H3,(H,29,30)/t17-,21-,22-/m0/s1/i4D,5D,6D,9D,10D. The number of carboxylic acid groups (broad SMARTS) is 1. The first-order valence-electron chi connectivity index (χ1n) is 13.1. The van der Waals surface area contributed by atoms with Crippen molar-refractivity contribution in [1.29, 1.82) is 0 Å². The lowest BCUT2D eigenvalue weighted by molar-refractivity contribution is -0.153. The van der Waals surface area contributed by atoms with E-state index in [2.05, 4.69) is 5.32 Å². The van der Waals surface area contributed by atoms with Crippen LogP contribution < -0.4 is 5.32 Å². The predicted molar refractivity (Wildman–Crippen MR) is 120 cm³/mol. The van der Waals surface area contributed by atoms with Gasteiger partial charge >= 0.3 is 11.9 Å². The van der Waals surface area contributed by atoms with Crippen LogP contribution in [-0.4, -0.2) is 52.6 Å². The summed E-state index contributed by atoms with van der Waals surface area (Å²) in [4.78, 5) is 39.3. The van der Waals surface area contributed by atoms with Gasteiger partial charge in [0.15, 0.2) is 0 Å². The number of hydrogen-bond donors (Lipinski definition) is 2. The van der Waals surface area contributed by atoms with E-state index in [0.29, 0.717) is 0 Å². The lowest BCUT2D eigenvalue weighted by Crippen LogP contribution is -2.56. The topological polar surface area (TPSA) is 95.9 Å². The fourth-order valence-corrected chi connectivity index (χ4v) is 3.80. The van der Waals surface area contributed by atoms with Crippen molar-refractivity contribution in [3.05, 3.63) is 71.2 Å². The molecule has 0 aliphatic carbocycles. The lowest BCUT2D eigenvalue weighted by Gasteiger charge is -2.36. The second-order valence-electron chi connectivity index (χ2n) is 7.63. The molecule has 0 saturated heterocycles. The zero-order valence-electron chi connectivity index (χ0n) is 23.1. The van der Waals surface area contributed by atoms with Gasteiger partial charge in [-0.05, 0) is 43.4 Å². The molecule has 3 atom stereocenters. The van der Waals surface area contributed by atoms with Crippen LogP contribution in [0.5, 0.6) is 0 Å². The maximum Gasteiger partial charge on any atom is 0.326 e. The van der Waals surface area contributed by atoms with E-state index in [1.807, 2.05) is 24.3 Å². The normalized spacial score (nSPS) is 19.4. The molecule has 0 radical (unpaired) electrons. The maximum atomic E-state index is 13.4. The molecule has 0 fully saturated rings. The highest BCUT2D eigenvalue weighted by molar-refractivity contribution is 5.88. The number of nitrogens with zero attached hydrogens (tertiary/aromatic N) is 1. The molecule has 1 aliphatic rings. The summed E-state index contributed by atoms with van der Waals surface area (Å²) in [5.74, 6) is -2.29. The Kier molecular flexibility index (Phi) is 5.92. The number of amides is 1. The second-order valence-corrected chi connectivity index (χ2v) is 7.63. The maximum absolute atomic E-state index is 13.4. The minimum Gasteiger partial charge on any atom is -0.480 e.